The molecule has 0 fully saturated rings. The number of allylic oxidation sites excluding steroid dienone is 1. The smallest absolute Gasteiger partial charge is 0.0441 e. The molecule has 2 rings (SSSR count). The number of hydrogen-bond donors (Lipinski definition) is 0. The molecule has 0 radical (unpaired) electrons. The molecule has 1 heterocycles. The zero-order valence-corrected chi connectivity index (χ0v) is 10.5. The van der Waals surface area contributed by atoms with Gasteiger partial charge in [-0.2, -0.15) is 0 Å². The second-order valence-corrected chi connectivity index (χ2v) is 3.27. The van der Waals surface area contributed by atoms with Crippen molar-refractivity contribution in [2.75, 3.05) is 11.4 Å². The number of benzene rings is 1. The summed E-state index contributed by atoms with van der Waals surface area (Å²) in [4.78, 5) is 2.27. The molecule has 1 nitrogen and oxygen atoms in total. The Labute approximate surface area is 99.8 Å². The van der Waals surface area contributed by atoms with Crippen LogP contribution >= 0.6 is 0 Å². The van der Waals surface area contributed by atoms with Crippen LogP contribution in [0, 0.1) is 12.8 Å². The lowest BCUT2D eigenvalue weighted by Gasteiger charge is -2.18. The lowest BCUT2D eigenvalue weighted by Crippen LogP contribution is -2.16. The molecule has 0 aromatic heterocycles. The van der Waals surface area contributed by atoms with Crippen molar-refractivity contribution in [2.24, 2.45) is 0 Å². The van der Waals surface area contributed by atoms with Crippen LogP contribution < -0.4 is 4.90 Å². The average Bonchev–Trinajstić information content (AvgIpc) is 2.78. The normalized spacial score (nSPS) is 11.4. The Hall–Kier alpha value is -1.68. The molecular formula is C15H21N. The van der Waals surface area contributed by atoms with Gasteiger partial charge in [0.25, 0.3) is 0 Å². The topological polar surface area (TPSA) is 3.24 Å². The summed E-state index contributed by atoms with van der Waals surface area (Å²) in [5.41, 5.74) is 3.92. The van der Waals surface area contributed by atoms with Crippen molar-refractivity contribution in [1.82, 2.24) is 0 Å². The van der Waals surface area contributed by atoms with Crippen molar-refractivity contribution in [2.45, 2.75) is 27.2 Å². The van der Waals surface area contributed by atoms with Gasteiger partial charge in [-0.1, -0.05) is 38.6 Å². The summed E-state index contributed by atoms with van der Waals surface area (Å²) in [7, 11) is 0. The van der Waals surface area contributed by atoms with Crippen LogP contribution in [0.4, 0.5) is 5.69 Å². The predicted octanol–water partition coefficient (Wildman–Crippen LogP) is 3.86. The van der Waals surface area contributed by atoms with Gasteiger partial charge < -0.3 is 4.90 Å². The van der Waals surface area contributed by atoms with E-state index >= 15 is 0 Å². The first-order valence-corrected chi connectivity index (χ1v) is 5.63. The van der Waals surface area contributed by atoms with E-state index in [0.717, 1.165) is 18.7 Å². The summed E-state index contributed by atoms with van der Waals surface area (Å²) >= 11 is 0. The minimum absolute atomic E-state index is 1.09. The number of rotatable bonds is 1. The number of terminal acetylenes is 1. The number of para-hydroxylation sites is 1. The van der Waals surface area contributed by atoms with Crippen LogP contribution in [-0.2, 0) is 6.42 Å². The molecule has 0 amide bonds. The van der Waals surface area contributed by atoms with Crippen LogP contribution in [0.25, 0.3) is 0 Å². The first kappa shape index (κ1) is 14.3. The van der Waals surface area contributed by atoms with Gasteiger partial charge in [0.1, 0.15) is 0 Å². The molecule has 16 heavy (non-hydrogen) atoms. The Morgan fingerprint density at radius 1 is 1.25 bits per heavy atom. The van der Waals surface area contributed by atoms with Gasteiger partial charge in [0.2, 0.25) is 0 Å². The van der Waals surface area contributed by atoms with E-state index in [1.807, 2.05) is 13.8 Å². The van der Waals surface area contributed by atoms with Crippen LogP contribution in [-0.4, -0.2) is 6.54 Å². The van der Waals surface area contributed by atoms with Gasteiger partial charge in [0.05, 0.1) is 0 Å². The largest absolute Gasteiger partial charge is 0.345 e. The van der Waals surface area contributed by atoms with Crippen molar-refractivity contribution < 1.29 is 0 Å². The van der Waals surface area contributed by atoms with E-state index in [9.17, 15) is 0 Å². The van der Waals surface area contributed by atoms with Gasteiger partial charge in [0, 0.05) is 17.9 Å². The van der Waals surface area contributed by atoms with Crippen molar-refractivity contribution in [3.8, 4) is 12.8 Å². The first-order chi connectivity index (χ1) is 7.79. The molecule has 0 saturated heterocycles. The summed E-state index contributed by atoms with van der Waals surface area (Å²) in [5.74, 6) is 0. The van der Waals surface area contributed by atoms with Gasteiger partial charge in [-0.3, -0.25) is 0 Å². The van der Waals surface area contributed by atoms with Gasteiger partial charge in [-0.05, 0) is 25.0 Å². The fourth-order valence-electron chi connectivity index (χ4n) is 1.73. The summed E-state index contributed by atoms with van der Waals surface area (Å²) in [6.07, 6.45) is 9.16. The van der Waals surface area contributed by atoms with Crippen LogP contribution in [0.1, 0.15) is 26.3 Å². The third-order valence-electron chi connectivity index (χ3n) is 2.35. The van der Waals surface area contributed by atoms with Crippen LogP contribution in [0.2, 0.25) is 0 Å². The van der Waals surface area contributed by atoms with E-state index in [-0.39, 0.29) is 0 Å². The zero-order valence-electron chi connectivity index (χ0n) is 10.5. The van der Waals surface area contributed by atoms with E-state index in [1.54, 1.807) is 0 Å². The average molecular weight is 215 g/mol. The van der Waals surface area contributed by atoms with Crippen LogP contribution in [0.5, 0.6) is 0 Å². The van der Waals surface area contributed by atoms with E-state index in [0.29, 0.717) is 0 Å². The highest BCUT2D eigenvalue weighted by molar-refractivity contribution is 5.61. The second kappa shape index (κ2) is 7.59. The molecule has 0 unspecified atom stereocenters. The Morgan fingerprint density at radius 3 is 2.38 bits per heavy atom. The number of fused-ring (bicyclic) bond motifs is 1. The molecule has 0 atom stereocenters. The molecule has 0 bridgehead atoms. The maximum atomic E-state index is 4.00. The monoisotopic (exact) mass is 215 g/mol. The van der Waals surface area contributed by atoms with Crippen molar-refractivity contribution in [1.29, 1.82) is 0 Å². The summed E-state index contributed by atoms with van der Waals surface area (Å²) in [5, 5.41) is 0. The van der Waals surface area contributed by atoms with Crippen molar-refractivity contribution in [3.63, 3.8) is 0 Å². The highest BCUT2D eigenvalue weighted by Gasteiger charge is 2.17. The number of nitrogens with zero attached hydrogens (tertiary/aromatic N) is 1. The summed E-state index contributed by atoms with van der Waals surface area (Å²) < 4.78 is 0. The predicted molar refractivity (Wildman–Crippen MR) is 73.5 cm³/mol. The molecule has 1 heteroatoms. The highest BCUT2D eigenvalue weighted by atomic mass is 15.2. The minimum Gasteiger partial charge on any atom is -0.345 e. The van der Waals surface area contributed by atoms with Crippen molar-refractivity contribution >= 4 is 5.69 Å². The van der Waals surface area contributed by atoms with E-state index in [2.05, 4.69) is 55.5 Å². The molecular weight excluding hydrogens is 194 g/mol. The lowest BCUT2D eigenvalue weighted by molar-refractivity contribution is 0.948. The standard InChI is InChI=1S/C11H13N.C2H6.C2H2/c1-9(2)12-8-7-10-5-3-4-6-11(10)12;2*1-2/h3-6H,1,7-8H2,2H3;1-2H3;1-2H. The quantitative estimate of drug-likeness (QED) is 0.643. The summed E-state index contributed by atoms with van der Waals surface area (Å²) in [6, 6.07) is 8.54. The van der Waals surface area contributed by atoms with Crippen LogP contribution in [0.3, 0.4) is 0 Å². The highest BCUT2D eigenvalue weighted by Crippen LogP contribution is 2.29. The van der Waals surface area contributed by atoms with E-state index in [1.165, 1.54) is 11.3 Å². The molecule has 1 aliphatic rings. The molecule has 0 spiro atoms. The Morgan fingerprint density at radius 2 is 1.81 bits per heavy atom. The first-order valence-electron chi connectivity index (χ1n) is 5.63. The van der Waals surface area contributed by atoms with Crippen LogP contribution in [0.15, 0.2) is 36.5 Å². The molecule has 1 aliphatic heterocycles. The molecule has 0 aliphatic carbocycles. The Kier molecular flexibility index (Phi) is 6.79. The molecule has 1 aromatic rings. The van der Waals surface area contributed by atoms with Gasteiger partial charge in [-0.25, -0.2) is 0 Å². The van der Waals surface area contributed by atoms with Gasteiger partial charge in [0.15, 0.2) is 0 Å². The van der Waals surface area contributed by atoms with Gasteiger partial charge >= 0.3 is 0 Å². The molecule has 1 aromatic carbocycles. The molecule has 86 valence electrons. The fourth-order valence-corrected chi connectivity index (χ4v) is 1.73. The third-order valence-corrected chi connectivity index (χ3v) is 2.35. The van der Waals surface area contributed by atoms with E-state index in [4.69, 9.17) is 0 Å². The SMILES string of the molecule is C#C.C=C(C)N1CCc2ccccc21.CC. The van der Waals surface area contributed by atoms with Crippen molar-refractivity contribution in [3.05, 3.63) is 42.1 Å². The summed E-state index contributed by atoms with van der Waals surface area (Å²) in [6.45, 7) is 11.1. The van der Waals surface area contributed by atoms with Gasteiger partial charge in [-0.15, -0.1) is 12.8 Å². The zero-order chi connectivity index (χ0) is 12.6. The Balaban J connectivity index is 0.000000509. The second-order valence-electron chi connectivity index (χ2n) is 3.27. The molecule has 0 saturated carbocycles. The number of hydrogen-bond acceptors (Lipinski definition) is 1. The molecule has 0 N–H and O–H groups in total. The Bertz CT molecular complexity index is 349. The maximum absolute atomic E-state index is 4.00. The minimum atomic E-state index is 1.09. The fraction of sp³-hybridized carbons (Fsp3) is 0.333. The number of anilines is 1. The van der Waals surface area contributed by atoms with E-state index < -0.39 is 0 Å². The third kappa shape index (κ3) is 3.17. The maximum Gasteiger partial charge on any atom is 0.0441 e. The lowest BCUT2D eigenvalue weighted by atomic mass is 10.2.